The number of hydrogen-bond donors (Lipinski definition) is 0. The molecule has 4 rings (SSSR count). The van der Waals surface area contributed by atoms with Crippen LogP contribution in [0.3, 0.4) is 0 Å². The van der Waals surface area contributed by atoms with Crippen LogP contribution < -0.4 is 0 Å². The van der Waals surface area contributed by atoms with Gasteiger partial charge in [-0.05, 0) is 87.9 Å². The summed E-state index contributed by atoms with van der Waals surface area (Å²) >= 11 is 25.4. The van der Waals surface area contributed by atoms with Gasteiger partial charge in [-0.2, -0.15) is 0 Å². The highest BCUT2D eigenvalue weighted by Gasteiger charge is 2.28. The molecule has 2 unspecified atom stereocenters. The summed E-state index contributed by atoms with van der Waals surface area (Å²) in [6, 6.07) is 17.4. The number of likely N-dealkylation sites (N-methyl/N-ethyl adjacent to an activating group) is 2. The molecule has 2 aromatic carbocycles. The largest absolute Gasteiger partial charge is 0.434 e. The van der Waals surface area contributed by atoms with Crippen LogP contribution in [0.1, 0.15) is 22.3 Å². The fourth-order valence-electron chi connectivity index (χ4n) is 4.32. The summed E-state index contributed by atoms with van der Waals surface area (Å²) in [4.78, 5) is 38.1. The first-order valence-electron chi connectivity index (χ1n) is 13.8. The number of benzene rings is 2. The van der Waals surface area contributed by atoms with Gasteiger partial charge >= 0.3 is 11.9 Å². The summed E-state index contributed by atoms with van der Waals surface area (Å²) in [5.41, 5.74) is 3.91. The first-order chi connectivity index (χ1) is 21.9. The maximum absolute atomic E-state index is 13.2. The zero-order valence-corrected chi connectivity index (χ0v) is 28.3. The van der Waals surface area contributed by atoms with Crippen LogP contribution in [0.2, 0.25) is 20.1 Å². The lowest BCUT2D eigenvalue weighted by Gasteiger charge is -2.25. The Morgan fingerprint density at radius 3 is 1.35 bits per heavy atom. The highest BCUT2D eigenvalue weighted by Crippen LogP contribution is 2.33. The number of nitrogens with zero attached hydrogens (tertiary/aromatic N) is 4. The topological polar surface area (TPSA) is 84.9 Å². The lowest BCUT2D eigenvalue weighted by atomic mass is 9.98. The molecule has 12 heteroatoms. The Hall–Kier alpha value is -3.76. The monoisotopic (exact) mass is 698 g/mol. The van der Waals surface area contributed by atoms with Crippen molar-refractivity contribution in [1.29, 1.82) is 0 Å². The van der Waals surface area contributed by atoms with Crippen LogP contribution in [0.25, 0.3) is 11.1 Å². The Kier molecular flexibility index (Phi) is 12.3. The molecular weight excluding hydrogens is 670 g/mol. The molecule has 0 aliphatic rings. The molecule has 0 aliphatic carbocycles. The minimum absolute atomic E-state index is 0.386. The van der Waals surface area contributed by atoms with E-state index in [1.54, 1.807) is 123 Å². The van der Waals surface area contributed by atoms with E-state index in [-0.39, 0.29) is 0 Å². The molecule has 0 amide bonds. The zero-order chi connectivity index (χ0) is 33.4. The Morgan fingerprint density at radius 2 is 1.04 bits per heavy atom. The molecule has 0 aliphatic heterocycles. The molecule has 0 saturated heterocycles. The van der Waals surface area contributed by atoms with Gasteiger partial charge in [0.05, 0.1) is 0 Å². The molecule has 8 nitrogen and oxygen atoms in total. The molecule has 2 aromatic heterocycles. The van der Waals surface area contributed by atoms with E-state index in [1.165, 1.54) is 0 Å². The number of halogens is 4. The predicted molar refractivity (Wildman–Crippen MR) is 183 cm³/mol. The van der Waals surface area contributed by atoms with Gasteiger partial charge in [0.15, 0.2) is 12.5 Å². The standard InChI is InChI=1S/C34H30Cl4N4O4/c1-41(2)31(17-27(21-7-5-13-39-19-21)25-11-9-23(35)15-29(25)37)45-33(43)34(44)46-32(42(3)4)18-28(22-8-6-14-40-20-22)26-12-10-24(36)16-30(26)38/h5-20,31-32H,1-4H3/b27-17-,28-18-. The van der Waals surface area contributed by atoms with Gasteiger partial charge in [0.25, 0.3) is 0 Å². The number of ether oxygens (including phenoxy) is 2. The molecule has 0 bridgehead atoms. The van der Waals surface area contributed by atoms with Crippen molar-refractivity contribution in [2.45, 2.75) is 12.5 Å². The lowest BCUT2D eigenvalue weighted by Crippen LogP contribution is -2.38. The maximum Gasteiger partial charge on any atom is 0.419 e. The van der Waals surface area contributed by atoms with Crippen molar-refractivity contribution < 1.29 is 19.1 Å². The summed E-state index contributed by atoms with van der Waals surface area (Å²) in [6.07, 6.45) is 7.94. The van der Waals surface area contributed by atoms with Gasteiger partial charge in [0.2, 0.25) is 0 Å². The summed E-state index contributed by atoms with van der Waals surface area (Å²) in [7, 11) is 6.80. The van der Waals surface area contributed by atoms with Crippen molar-refractivity contribution in [3.63, 3.8) is 0 Å². The number of hydrogen-bond acceptors (Lipinski definition) is 8. The van der Waals surface area contributed by atoms with E-state index in [0.717, 1.165) is 0 Å². The predicted octanol–water partition coefficient (Wildman–Crippen LogP) is 7.52. The first-order valence-corrected chi connectivity index (χ1v) is 15.4. The molecule has 238 valence electrons. The van der Waals surface area contributed by atoms with Gasteiger partial charge in [-0.1, -0.05) is 70.7 Å². The third kappa shape index (κ3) is 9.16. The Balaban J connectivity index is 1.64. The van der Waals surface area contributed by atoms with Crippen LogP contribution in [0.4, 0.5) is 0 Å². The van der Waals surface area contributed by atoms with Crippen molar-refractivity contribution in [3.8, 4) is 0 Å². The Morgan fingerprint density at radius 1 is 0.652 bits per heavy atom. The average molecular weight is 700 g/mol. The number of carbonyl (C=O) groups is 2. The summed E-state index contributed by atoms with van der Waals surface area (Å²) in [5.74, 6) is -2.40. The van der Waals surface area contributed by atoms with Crippen molar-refractivity contribution in [2.24, 2.45) is 0 Å². The Bertz CT molecular complexity index is 1620. The molecule has 0 fully saturated rings. The third-order valence-electron chi connectivity index (χ3n) is 6.65. The molecule has 2 atom stereocenters. The molecule has 0 saturated carbocycles. The molecule has 2 heterocycles. The van der Waals surface area contributed by atoms with Crippen LogP contribution in [-0.2, 0) is 19.1 Å². The summed E-state index contributed by atoms with van der Waals surface area (Å²) < 4.78 is 11.3. The van der Waals surface area contributed by atoms with Crippen LogP contribution in [0.15, 0.2) is 97.6 Å². The van der Waals surface area contributed by atoms with Gasteiger partial charge in [0.1, 0.15) is 0 Å². The highest BCUT2D eigenvalue weighted by molar-refractivity contribution is 6.36. The number of rotatable bonds is 10. The molecule has 0 spiro atoms. The van der Waals surface area contributed by atoms with Crippen molar-refractivity contribution in [1.82, 2.24) is 19.8 Å². The van der Waals surface area contributed by atoms with Crippen molar-refractivity contribution >= 4 is 69.5 Å². The van der Waals surface area contributed by atoms with Gasteiger partial charge in [-0.15, -0.1) is 0 Å². The fourth-order valence-corrected chi connectivity index (χ4v) is 5.34. The minimum Gasteiger partial charge on any atom is -0.434 e. The maximum atomic E-state index is 13.2. The summed E-state index contributed by atoms with van der Waals surface area (Å²) in [6.45, 7) is 0. The van der Waals surface area contributed by atoms with E-state index in [0.29, 0.717) is 53.5 Å². The third-order valence-corrected chi connectivity index (χ3v) is 7.74. The second kappa shape index (κ2) is 16.2. The van der Waals surface area contributed by atoms with Crippen LogP contribution in [0.5, 0.6) is 0 Å². The smallest absolute Gasteiger partial charge is 0.419 e. The molecular formula is C34H30Cl4N4O4. The van der Waals surface area contributed by atoms with Crippen LogP contribution >= 0.6 is 46.4 Å². The lowest BCUT2D eigenvalue weighted by molar-refractivity contribution is -0.178. The number of pyridine rings is 2. The van der Waals surface area contributed by atoms with Gasteiger partial charge in [-0.25, -0.2) is 9.59 Å². The summed E-state index contributed by atoms with van der Waals surface area (Å²) in [5, 5.41) is 1.70. The van der Waals surface area contributed by atoms with E-state index in [2.05, 4.69) is 9.97 Å². The van der Waals surface area contributed by atoms with Crippen LogP contribution in [-0.4, -0.2) is 72.4 Å². The van der Waals surface area contributed by atoms with E-state index in [4.69, 9.17) is 55.9 Å². The zero-order valence-electron chi connectivity index (χ0n) is 25.3. The van der Waals surface area contributed by atoms with Crippen molar-refractivity contribution in [2.75, 3.05) is 28.2 Å². The van der Waals surface area contributed by atoms with E-state index in [1.807, 2.05) is 12.1 Å². The van der Waals surface area contributed by atoms with Gasteiger partial charge < -0.3 is 9.47 Å². The molecule has 46 heavy (non-hydrogen) atoms. The SMILES string of the molecule is CN(C)C(/C=C(/c1cccnc1)c1ccc(Cl)cc1Cl)OC(=O)C(=O)OC(/C=C(/c1cccnc1)c1ccc(Cl)cc1Cl)N(C)C. The average Bonchev–Trinajstić information content (AvgIpc) is 3.02. The first kappa shape index (κ1) is 35.1. The molecule has 4 aromatic rings. The number of aromatic nitrogens is 2. The van der Waals surface area contributed by atoms with Crippen molar-refractivity contribution in [3.05, 3.63) is 140 Å². The minimum atomic E-state index is -1.20. The van der Waals surface area contributed by atoms with E-state index >= 15 is 0 Å². The van der Waals surface area contributed by atoms with Gasteiger partial charge in [0, 0.05) is 67.1 Å². The van der Waals surface area contributed by atoms with E-state index < -0.39 is 24.4 Å². The number of esters is 2. The fraction of sp³-hybridized carbons (Fsp3) is 0.176. The Labute approximate surface area is 287 Å². The molecule has 0 N–H and O–H groups in total. The second-order valence-corrected chi connectivity index (χ2v) is 12.1. The highest BCUT2D eigenvalue weighted by atomic mass is 35.5. The normalized spacial score (nSPS) is 13.4. The van der Waals surface area contributed by atoms with E-state index in [9.17, 15) is 9.59 Å². The quantitative estimate of drug-likeness (QED) is 0.0955. The van der Waals surface area contributed by atoms with Gasteiger partial charge in [-0.3, -0.25) is 19.8 Å². The second-order valence-electron chi connectivity index (χ2n) is 10.4. The molecule has 0 radical (unpaired) electrons. The number of carbonyl (C=O) groups excluding carboxylic acids is 2. The van der Waals surface area contributed by atoms with Crippen LogP contribution in [0, 0.1) is 0 Å².